The molecule has 0 aromatic heterocycles. The highest BCUT2D eigenvalue weighted by Gasteiger charge is 2.31. The quantitative estimate of drug-likeness (QED) is 0.779. The first-order chi connectivity index (χ1) is 11.0. The lowest BCUT2D eigenvalue weighted by Crippen LogP contribution is -2.54. The van der Waals surface area contributed by atoms with Crippen LogP contribution in [0.5, 0.6) is 0 Å². The predicted molar refractivity (Wildman–Crippen MR) is 87.8 cm³/mol. The topological polar surface area (TPSA) is 69.7 Å². The van der Waals surface area contributed by atoms with Gasteiger partial charge in [-0.25, -0.2) is 0 Å². The Kier molecular flexibility index (Phi) is 4.66. The first kappa shape index (κ1) is 16.0. The van der Waals surface area contributed by atoms with E-state index in [0.717, 1.165) is 17.3 Å². The number of hydrogen-bond acceptors (Lipinski definition) is 3. The molecule has 23 heavy (non-hydrogen) atoms. The van der Waals surface area contributed by atoms with E-state index in [9.17, 15) is 14.4 Å². The molecule has 7 heteroatoms. The second kappa shape index (κ2) is 6.70. The fourth-order valence-electron chi connectivity index (χ4n) is 2.54. The van der Waals surface area contributed by atoms with Gasteiger partial charge < -0.3 is 15.1 Å². The van der Waals surface area contributed by atoms with Crippen LogP contribution < -0.4 is 5.32 Å². The van der Waals surface area contributed by atoms with Crippen LogP contribution in [0, 0.1) is 0 Å². The first-order valence-electron chi connectivity index (χ1n) is 7.69. The van der Waals surface area contributed by atoms with Crippen molar-refractivity contribution in [2.45, 2.75) is 18.9 Å². The number of amides is 3. The lowest BCUT2D eigenvalue weighted by molar-refractivity contribution is -0.146. The van der Waals surface area contributed by atoms with Crippen molar-refractivity contribution in [1.82, 2.24) is 15.1 Å². The molecule has 1 aromatic rings. The van der Waals surface area contributed by atoms with Crippen molar-refractivity contribution in [3.05, 3.63) is 34.3 Å². The third kappa shape index (κ3) is 3.90. The van der Waals surface area contributed by atoms with E-state index in [1.165, 1.54) is 4.90 Å². The number of benzene rings is 1. The Morgan fingerprint density at radius 1 is 1.04 bits per heavy atom. The maximum atomic E-state index is 12.4. The normalized spacial score (nSPS) is 17.8. The van der Waals surface area contributed by atoms with Crippen LogP contribution in [0.1, 0.15) is 23.2 Å². The summed E-state index contributed by atoms with van der Waals surface area (Å²) in [7, 11) is 0. The van der Waals surface area contributed by atoms with Crippen LogP contribution in [0.4, 0.5) is 0 Å². The fraction of sp³-hybridized carbons (Fsp3) is 0.438. The Hall–Kier alpha value is -1.89. The fourth-order valence-corrected chi connectivity index (χ4v) is 2.93. The van der Waals surface area contributed by atoms with Gasteiger partial charge in [0.05, 0.1) is 0 Å². The van der Waals surface area contributed by atoms with Crippen molar-refractivity contribution in [2.24, 2.45) is 0 Å². The summed E-state index contributed by atoms with van der Waals surface area (Å²) in [6.07, 6.45) is 1.90. The lowest BCUT2D eigenvalue weighted by atomic mass is 10.2. The van der Waals surface area contributed by atoms with Crippen LogP contribution in [-0.4, -0.2) is 59.7 Å². The van der Waals surface area contributed by atoms with E-state index in [1.807, 2.05) is 12.1 Å². The molecule has 1 N–H and O–H groups in total. The molecule has 6 nitrogen and oxygen atoms in total. The summed E-state index contributed by atoms with van der Waals surface area (Å²) < 4.78 is 0.855. The molecule has 0 bridgehead atoms. The van der Waals surface area contributed by atoms with Gasteiger partial charge in [-0.1, -0.05) is 22.0 Å². The van der Waals surface area contributed by atoms with Gasteiger partial charge in [0.25, 0.3) is 5.91 Å². The molecule has 1 aliphatic heterocycles. The van der Waals surface area contributed by atoms with Gasteiger partial charge in [-0.3, -0.25) is 14.4 Å². The van der Waals surface area contributed by atoms with Crippen molar-refractivity contribution >= 4 is 33.7 Å². The number of nitrogens with one attached hydrogen (secondary N) is 1. The maximum absolute atomic E-state index is 12.4. The Bertz CT molecular complexity index is 637. The van der Waals surface area contributed by atoms with Gasteiger partial charge in [0.2, 0.25) is 0 Å². The van der Waals surface area contributed by atoms with Crippen molar-refractivity contribution in [3.63, 3.8) is 0 Å². The largest absolute Gasteiger partial charge is 0.345 e. The van der Waals surface area contributed by atoms with E-state index in [-0.39, 0.29) is 11.9 Å². The minimum Gasteiger partial charge on any atom is -0.345 e. The zero-order chi connectivity index (χ0) is 16.4. The first-order valence-corrected chi connectivity index (χ1v) is 8.48. The Balaban J connectivity index is 1.54. The minimum absolute atomic E-state index is 0.0548. The molecule has 2 fully saturated rings. The summed E-state index contributed by atoms with van der Waals surface area (Å²) in [5.74, 6) is -1.08. The molecule has 1 aromatic carbocycles. The molecule has 122 valence electrons. The zero-order valence-corrected chi connectivity index (χ0v) is 14.2. The average molecular weight is 380 g/mol. The second-order valence-electron chi connectivity index (χ2n) is 5.84. The molecule has 0 spiro atoms. The van der Waals surface area contributed by atoms with Gasteiger partial charge in [0.1, 0.15) is 0 Å². The summed E-state index contributed by atoms with van der Waals surface area (Å²) in [6.45, 7) is 1.65. The zero-order valence-electron chi connectivity index (χ0n) is 12.6. The third-order valence-corrected chi connectivity index (χ3v) is 4.53. The van der Waals surface area contributed by atoms with Crippen LogP contribution in [0.25, 0.3) is 0 Å². The summed E-state index contributed by atoms with van der Waals surface area (Å²) in [5.41, 5.74) is 0.616. The van der Waals surface area contributed by atoms with E-state index in [4.69, 9.17) is 0 Å². The van der Waals surface area contributed by atoms with Crippen LogP contribution in [0.3, 0.4) is 0 Å². The number of halogens is 1. The monoisotopic (exact) mass is 379 g/mol. The average Bonchev–Trinajstić information content (AvgIpc) is 3.37. The molecule has 1 saturated heterocycles. The highest BCUT2D eigenvalue weighted by Crippen LogP contribution is 2.19. The van der Waals surface area contributed by atoms with Crippen molar-refractivity contribution in [3.8, 4) is 0 Å². The van der Waals surface area contributed by atoms with Gasteiger partial charge >= 0.3 is 11.8 Å². The molecule has 3 amide bonds. The standard InChI is InChI=1S/C16H18BrN3O3/c17-12-3-1-2-11(10-12)15(22)19-6-8-20(9-7-19)16(23)14(21)18-13-4-5-13/h1-3,10,13H,4-9H2,(H,18,21). The van der Waals surface area contributed by atoms with Crippen molar-refractivity contribution in [1.29, 1.82) is 0 Å². The van der Waals surface area contributed by atoms with E-state index in [1.54, 1.807) is 17.0 Å². The molecular formula is C16H18BrN3O3. The third-order valence-electron chi connectivity index (χ3n) is 4.03. The van der Waals surface area contributed by atoms with Gasteiger partial charge in [-0.05, 0) is 31.0 Å². The van der Waals surface area contributed by atoms with Crippen LogP contribution in [0.2, 0.25) is 0 Å². The predicted octanol–water partition coefficient (Wildman–Crippen LogP) is 1.01. The van der Waals surface area contributed by atoms with E-state index < -0.39 is 11.8 Å². The molecule has 0 atom stereocenters. The summed E-state index contributed by atoms with van der Waals surface area (Å²) in [4.78, 5) is 39.5. The highest BCUT2D eigenvalue weighted by atomic mass is 79.9. The van der Waals surface area contributed by atoms with Crippen molar-refractivity contribution in [2.75, 3.05) is 26.2 Å². The van der Waals surface area contributed by atoms with E-state index in [0.29, 0.717) is 31.7 Å². The highest BCUT2D eigenvalue weighted by molar-refractivity contribution is 9.10. The second-order valence-corrected chi connectivity index (χ2v) is 6.76. The summed E-state index contributed by atoms with van der Waals surface area (Å²) >= 11 is 3.36. The van der Waals surface area contributed by atoms with Gasteiger partial charge in [-0.2, -0.15) is 0 Å². The molecule has 2 aliphatic rings. The number of piperazine rings is 1. The Morgan fingerprint density at radius 3 is 2.30 bits per heavy atom. The number of carbonyl (C=O) groups excluding carboxylic acids is 3. The lowest BCUT2D eigenvalue weighted by Gasteiger charge is -2.34. The van der Waals surface area contributed by atoms with Crippen LogP contribution in [-0.2, 0) is 9.59 Å². The number of nitrogens with zero attached hydrogens (tertiary/aromatic N) is 2. The number of rotatable bonds is 2. The maximum Gasteiger partial charge on any atom is 0.312 e. The number of hydrogen-bond donors (Lipinski definition) is 1. The molecule has 1 saturated carbocycles. The Morgan fingerprint density at radius 2 is 1.70 bits per heavy atom. The molecule has 0 radical (unpaired) electrons. The smallest absolute Gasteiger partial charge is 0.312 e. The van der Waals surface area contributed by atoms with Gasteiger partial charge in [-0.15, -0.1) is 0 Å². The minimum atomic E-state index is -0.528. The summed E-state index contributed by atoms with van der Waals surface area (Å²) in [6, 6.07) is 7.41. The molecule has 0 unspecified atom stereocenters. The van der Waals surface area contributed by atoms with Crippen molar-refractivity contribution < 1.29 is 14.4 Å². The SMILES string of the molecule is O=C(NC1CC1)C(=O)N1CCN(C(=O)c2cccc(Br)c2)CC1. The molecule has 3 rings (SSSR count). The van der Waals surface area contributed by atoms with Gasteiger partial charge in [0.15, 0.2) is 0 Å². The molecular weight excluding hydrogens is 362 g/mol. The number of carbonyl (C=O) groups is 3. The van der Waals surface area contributed by atoms with Crippen LogP contribution >= 0.6 is 15.9 Å². The van der Waals surface area contributed by atoms with Crippen LogP contribution in [0.15, 0.2) is 28.7 Å². The molecule has 1 aliphatic carbocycles. The Labute approximate surface area is 142 Å². The van der Waals surface area contributed by atoms with Gasteiger partial charge in [0, 0.05) is 42.3 Å². The van der Waals surface area contributed by atoms with E-state index >= 15 is 0 Å². The molecule has 1 heterocycles. The summed E-state index contributed by atoms with van der Waals surface area (Å²) in [5, 5.41) is 2.70. The van der Waals surface area contributed by atoms with E-state index in [2.05, 4.69) is 21.2 Å².